The Morgan fingerprint density at radius 1 is 1.14 bits per heavy atom. The molecular formula is C12H11Cl2F3N2O2S. The molecule has 1 aromatic carbocycles. The predicted octanol–water partition coefficient (Wildman–Crippen LogP) is 2.88. The van der Waals surface area contributed by atoms with Gasteiger partial charge in [0, 0.05) is 9.92 Å². The van der Waals surface area contributed by atoms with Crippen molar-refractivity contribution in [1.29, 1.82) is 0 Å². The van der Waals surface area contributed by atoms with E-state index in [1.165, 1.54) is 0 Å². The van der Waals surface area contributed by atoms with Crippen LogP contribution in [0.4, 0.5) is 13.2 Å². The first kappa shape index (κ1) is 18.9. The molecule has 122 valence electrons. The molecule has 0 heterocycles. The van der Waals surface area contributed by atoms with Crippen LogP contribution in [0.1, 0.15) is 0 Å². The van der Waals surface area contributed by atoms with Crippen LogP contribution in [0.2, 0.25) is 10.0 Å². The molecule has 2 amide bonds. The Hall–Kier alpha value is -1.12. The van der Waals surface area contributed by atoms with Crippen LogP contribution in [-0.4, -0.2) is 36.8 Å². The van der Waals surface area contributed by atoms with Gasteiger partial charge in [-0.3, -0.25) is 9.59 Å². The predicted molar refractivity (Wildman–Crippen MR) is 79.3 cm³/mol. The zero-order valence-corrected chi connectivity index (χ0v) is 13.3. The number of hydrogen-bond acceptors (Lipinski definition) is 3. The summed E-state index contributed by atoms with van der Waals surface area (Å²) in [6.45, 7) is -1.96. The van der Waals surface area contributed by atoms with Crippen LogP contribution in [-0.2, 0) is 9.59 Å². The van der Waals surface area contributed by atoms with Crippen LogP contribution in [0.15, 0.2) is 23.1 Å². The van der Waals surface area contributed by atoms with Crippen molar-refractivity contribution in [3.63, 3.8) is 0 Å². The molecule has 10 heteroatoms. The molecule has 0 saturated heterocycles. The molecule has 0 aromatic heterocycles. The molecule has 4 nitrogen and oxygen atoms in total. The van der Waals surface area contributed by atoms with Crippen LogP contribution in [0, 0.1) is 0 Å². The Morgan fingerprint density at radius 3 is 2.45 bits per heavy atom. The largest absolute Gasteiger partial charge is 0.405 e. The van der Waals surface area contributed by atoms with Crippen LogP contribution < -0.4 is 10.6 Å². The number of nitrogens with one attached hydrogen (secondary N) is 2. The summed E-state index contributed by atoms with van der Waals surface area (Å²) in [5, 5.41) is 4.73. The lowest BCUT2D eigenvalue weighted by Crippen LogP contribution is -2.41. The van der Waals surface area contributed by atoms with Crippen LogP contribution in [0.5, 0.6) is 0 Å². The summed E-state index contributed by atoms with van der Waals surface area (Å²) in [7, 11) is 0. The van der Waals surface area contributed by atoms with Gasteiger partial charge in [-0.1, -0.05) is 23.2 Å². The minimum atomic E-state index is -4.49. The second-order valence-electron chi connectivity index (χ2n) is 4.03. The zero-order valence-electron chi connectivity index (χ0n) is 11.0. The summed E-state index contributed by atoms with van der Waals surface area (Å²) < 4.78 is 35.6. The Bertz CT molecular complexity index is 556. The SMILES string of the molecule is O=C(CNC(=O)CSc1cc(Cl)ccc1Cl)NCC(F)(F)F. The summed E-state index contributed by atoms with van der Waals surface area (Å²) in [4.78, 5) is 23.2. The minimum absolute atomic E-state index is 0.0490. The van der Waals surface area contributed by atoms with Crippen molar-refractivity contribution >= 4 is 46.8 Å². The molecule has 0 unspecified atom stereocenters. The van der Waals surface area contributed by atoms with Gasteiger partial charge in [-0.2, -0.15) is 13.2 Å². The molecule has 1 aromatic rings. The highest BCUT2D eigenvalue weighted by Crippen LogP contribution is 2.29. The van der Waals surface area contributed by atoms with Gasteiger partial charge in [0.1, 0.15) is 6.54 Å². The van der Waals surface area contributed by atoms with E-state index in [2.05, 4.69) is 5.32 Å². The fourth-order valence-electron chi connectivity index (χ4n) is 1.22. The second-order valence-corrected chi connectivity index (χ2v) is 5.89. The van der Waals surface area contributed by atoms with Gasteiger partial charge < -0.3 is 10.6 Å². The van der Waals surface area contributed by atoms with E-state index in [0.717, 1.165) is 11.8 Å². The number of hydrogen-bond donors (Lipinski definition) is 2. The maximum Gasteiger partial charge on any atom is 0.405 e. The fraction of sp³-hybridized carbons (Fsp3) is 0.333. The maximum atomic E-state index is 11.9. The lowest BCUT2D eigenvalue weighted by atomic mass is 10.4. The molecule has 0 aliphatic heterocycles. The van der Waals surface area contributed by atoms with Gasteiger partial charge >= 0.3 is 6.18 Å². The normalized spacial score (nSPS) is 11.1. The molecule has 0 radical (unpaired) electrons. The van der Waals surface area contributed by atoms with E-state index in [0.29, 0.717) is 14.9 Å². The lowest BCUT2D eigenvalue weighted by molar-refractivity contribution is -0.138. The number of alkyl halides is 3. The number of benzene rings is 1. The standard InChI is InChI=1S/C12H11Cl2F3N2O2S/c13-7-1-2-8(14)9(3-7)22-5-11(21)18-4-10(20)19-6-12(15,16)17/h1-3H,4-6H2,(H,18,21)(H,19,20). The van der Waals surface area contributed by atoms with Crippen molar-refractivity contribution in [3.8, 4) is 0 Å². The van der Waals surface area contributed by atoms with Gasteiger partial charge in [0.2, 0.25) is 11.8 Å². The van der Waals surface area contributed by atoms with E-state index in [9.17, 15) is 22.8 Å². The van der Waals surface area contributed by atoms with Crippen molar-refractivity contribution < 1.29 is 22.8 Å². The van der Waals surface area contributed by atoms with Crippen molar-refractivity contribution in [2.45, 2.75) is 11.1 Å². The van der Waals surface area contributed by atoms with Crippen LogP contribution in [0.25, 0.3) is 0 Å². The van der Waals surface area contributed by atoms with E-state index >= 15 is 0 Å². The summed E-state index contributed by atoms with van der Waals surface area (Å²) in [5.41, 5.74) is 0. The molecule has 22 heavy (non-hydrogen) atoms. The third-order valence-corrected chi connectivity index (χ3v) is 3.92. The first-order valence-electron chi connectivity index (χ1n) is 5.85. The van der Waals surface area contributed by atoms with Crippen LogP contribution >= 0.6 is 35.0 Å². The van der Waals surface area contributed by atoms with E-state index in [1.807, 2.05) is 0 Å². The molecule has 0 fully saturated rings. The van der Waals surface area contributed by atoms with Crippen molar-refractivity contribution in [3.05, 3.63) is 28.2 Å². The summed E-state index contributed by atoms with van der Waals surface area (Å²) in [6, 6.07) is 4.76. The van der Waals surface area contributed by atoms with Crippen LogP contribution in [0.3, 0.4) is 0 Å². The summed E-state index contributed by atoms with van der Waals surface area (Å²) >= 11 is 12.8. The zero-order chi connectivity index (χ0) is 16.8. The Kier molecular flexibility index (Phi) is 7.31. The molecule has 2 N–H and O–H groups in total. The first-order chi connectivity index (χ1) is 10.2. The number of carbonyl (C=O) groups is 2. The summed E-state index contributed by atoms with van der Waals surface area (Å²) in [5.74, 6) is -1.48. The van der Waals surface area contributed by atoms with Gasteiger partial charge in [0.15, 0.2) is 0 Å². The Labute approximate surface area is 138 Å². The molecule has 0 spiro atoms. The first-order valence-corrected chi connectivity index (χ1v) is 7.59. The highest BCUT2D eigenvalue weighted by molar-refractivity contribution is 8.00. The fourth-order valence-corrected chi connectivity index (χ4v) is 2.55. The average molecular weight is 375 g/mol. The van der Waals surface area contributed by atoms with Gasteiger partial charge in [0.25, 0.3) is 0 Å². The molecule has 0 aliphatic carbocycles. The molecule has 0 bridgehead atoms. The van der Waals surface area contributed by atoms with E-state index < -0.39 is 31.1 Å². The van der Waals surface area contributed by atoms with Gasteiger partial charge in [-0.25, -0.2) is 0 Å². The highest BCUT2D eigenvalue weighted by Gasteiger charge is 2.27. The molecule has 0 atom stereocenters. The molecule has 1 rings (SSSR count). The Balaban J connectivity index is 2.32. The quantitative estimate of drug-likeness (QED) is 0.752. The minimum Gasteiger partial charge on any atom is -0.346 e. The molecule has 0 saturated carbocycles. The Morgan fingerprint density at radius 2 is 1.82 bits per heavy atom. The topological polar surface area (TPSA) is 58.2 Å². The van der Waals surface area contributed by atoms with E-state index in [4.69, 9.17) is 23.2 Å². The number of rotatable bonds is 6. The average Bonchev–Trinajstić information content (AvgIpc) is 2.43. The van der Waals surface area contributed by atoms with Gasteiger partial charge in [-0.15, -0.1) is 11.8 Å². The number of halogens is 5. The number of thioether (sulfide) groups is 1. The molecular weight excluding hydrogens is 364 g/mol. The van der Waals surface area contributed by atoms with Gasteiger partial charge in [-0.05, 0) is 18.2 Å². The third kappa shape index (κ3) is 7.77. The van der Waals surface area contributed by atoms with Gasteiger partial charge in [0.05, 0.1) is 17.3 Å². The van der Waals surface area contributed by atoms with E-state index in [1.54, 1.807) is 23.5 Å². The number of amides is 2. The highest BCUT2D eigenvalue weighted by atomic mass is 35.5. The molecule has 0 aliphatic rings. The second kappa shape index (κ2) is 8.50. The number of carbonyl (C=O) groups excluding carboxylic acids is 2. The van der Waals surface area contributed by atoms with Crippen molar-refractivity contribution in [2.24, 2.45) is 0 Å². The van der Waals surface area contributed by atoms with Crippen molar-refractivity contribution in [1.82, 2.24) is 10.6 Å². The summed E-state index contributed by atoms with van der Waals surface area (Å²) in [6.07, 6.45) is -4.49. The third-order valence-electron chi connectivity index (χ3n) is 2.18. The monoisotopic (exact) mass is 374 g/mol. The smallest absolute Gasteiger partial charge is 0.346 e. The van der Waals surface area contributed by atoms with E-state index in [-0.39, 0.29) is 5.75 Å². The maximum absolute atomic E-state index is 11.9. The van der Waals surface area contributed by atoms with Crippen molar-refractivity contribution in [2.75, 3.05) is 18.8 Å². The lowest BCUT2D eigenvalue weighted by Gasteiger charge is -2.09.